The minimum Gasteiger partial charge on any atom is -0.309 e. The molecule has 0 atom stereocenters. The van der Waals surface area contributed by atoms with Crippen molar-refractivity contribution in [3.05, 3.63) is 255 Å². The Labute approximate surface area is 399 Å². The van der Waals surface area contributed by atoms with Gasteiger partial charge in [0.05, 0.1) is 22.1 Å². The monoisotopic (exact) mass is 882 g/mol. The van der Waals surface area contributed by atoms with Gasteiger partial charge in [0.2, 0.25) is 5.95 Å². The molecule has 0 N–H and O–H groups in total. The Morgan fingerprint density at radius 3 is 1.38 bits per heavy atom. The molecule has 13 aromatic rings. The number of benzene rings is 10. The molecule has 13 rings (SSSR count). The predicted molar refractivity (Wildman–Crippen MR) is 285 cm³/mol. The first kappa shape index (κ1) is 39.9. The molecule has 0 unspecified atom stereocenters. The maximum Gasteiger partial charge on any atom is 0.238 e. The van der Waals surface area contributed by atoms with Crippen LogP contribution < -0.4 is 4.90 Å². The Hall–Kier alpha value is -9.39. The van der Waals surface area contributed by atoms with E-state index in [1.54, 1.807) is 0 Å². The topological polar surface area (TPSA) is 51.8 Å². The summed E-state index contributed by atoms with van der Waals surface area (Å²) in [7, 11) is 0. The van der Waals surface area contributed by atoms with Crippen LogP contribution in [0.1, 0.15) is 0 Å². The molecule has 0 radical (unpaired) electrons. The van der Waals surface area contributed by atoms with E-state index in [-0.39, 0.29) is 0 Å². The highest BCUT2D eigenvalue weighted by molar-refractivity contribution is 6.17. The van der Waals surface area contributed by atoms with Gasteiger partial charge in [-0.2, -0.15) is 9.97 Å². The SMILES string of the molecule is c1ccc(-c2ccc(N(c3ccc(-n4c5ccccc5c5ccc(-c6cccc7c6c6ccccc6n7-c6ccccc6)cc54)cc3)c3nc(-c4ccccc4)nc(-c4ccccc4)n3)cc2)cc1. The molecule has 0 aliphatic carbocycles. The van der Waals surface area contributed by atoms with Gasteiger partial charge in [-0.15, -0.1) is 0 Å². The van der Waals surface area contributed by atoms with Gasteiger partial charge in [-0.05, 0) is 95.1 Å². The van der Waals surface area contributed by atoms with Gasteiger partial charge in [0.1, 0.15) is 0 Å². The van der Waals surface area contributed by atoms with Crippen LogP contribution in [0.2, 0.25) is 0 Å². The number of hydrogen-bond acceptors (Lipinski definition) is 4. The minimum absolute atomic E-state index is 0.521. The summed E-state index contributed by atoms with van der Waals surface area (Å²) in [6.45, 7) is 0. The van der Waals surface area contributed by atoms with Crippen LogP contribution in [0.4, 0.5) is 17.3 Å². The molecule has 10 aromatic carbocycles. The number of rotatable bonds is 9. The van der Waals surface area contributed by atoms with Gasteiger partial charge >= 0.3 is 0 Å². The van der Waals surface area contributed by atoms with E-state index in [0.29, 0.717) is 17.6 Å². The lowest BCUT2D eigenvalue weighted by molar-refractivity contribution is 1.02. The quantitative estimate of drug-likeness (QED) is 0.145. The summed E-state index contributed by atoms with van der Waals surface area (Å²) >= 11 is 0. The molecule has 0 amide bonds. The highest BCUT2D eigenvalue weighted by Crippen LogP contribution is 2.42. The maximum atomic E-state index is 5.21. The first-order valence-electron chi connectivity index (χ1n) is 23.3. The third-order valence-corrected chi connectivity index (χ3v) is 13.2. The average Bonchev–Trinajstić information content (AvgIpc) is 3.95. The van der Waals surface area contributed by atoms with Crippen molar-refractivity contribution in [3.63, 3.8) is 0 Å². The van der Waals surface area contributed by atoms with Crippen molar-refractivity contribution in [2.24, 2.45) is 0 Å². The third-order valence-electron chi connectivity index (χ3n) is 13.2. The van der Waals surface area contributed by atoms with Crippen LogP contribution in [0.3, 0.4) is 0 Å². The number of aromatic nitrogens is 5. The second kappa shape index (κ2) is 16.8. The standard InChI is InChI=1S/C63H42N6/c1-5-18-43(19-6-1)44-32-35-49(36-33-44)67(63-65-61(45-20-7-2-8-21-45)64-62(66-63)46-22-9-3-10-23-46)50-37-39-51(40-38-50)69-56-29-15-13-26-53(56)54-41-34-47(42-59(54)69)52-28-17-31-58-60(52)55-27-14-16-30-57(55)68(58)48-24-11-4-12-25-48/h1-42H. The Morgan fingerprint density at radius 1 is 0.290 bits per heavy atom. The molecule has 3 aromatic heterocycles. The van der Waals surface area contributed by atoms with Gasteiger partial charge in [0.15, 0.2) is 11.6 Å². The van der Waals surface area contributed by atoms with E-state index in [1.165, 1.54) is 38.1 Å². The molecular weight excluding hydrogens is 841 g/mol. The summed E-state index contributed by atoms with van der Waals surface area (Å²) in [4.78, 5) is 17.6. The van der Waals surface area contributed by atoms with Gasteiger partial charge in [0.25, 0.3) is 0 Å². The zero-order valence-corrected chi connectivity index (χ0v) is 37.4. The van der Waals surface area contributed by atoms with Crippen molar-refractivity contribution in [1.29, 1.82) is 0 Å². The summed E-state index contributed by atoms with van der Waals surface area (Å²) in [5.74, 6) is 1.72. The molecule has 324 valence electrons. The first-order valence-corrected chi connectivity index (χ1v) is 23.3. The van der Waals surface area contributed by atoms with Crippen molar-refractivity contribution in [1.82, 2.24) is 24.1 Å². The van der Waals surface area contributed by atoms with E-state index in [4.69, 9.17) is 15.0 Å². The molecule has 0 fully saturated rings. The van der Waals surface area contributed by atoms with Crippen LogP contribution in [0.5, 0.6) is 0 Å². The fraction of sp³-hybridized carbons (Fsp3) is 0. The number of nitrogens with zero attached hydrogens (tertiary/aromatic N) is 6. The summed E-state index contributed by atoms with van der Waals surface area (Å²) < 4.78 is 4.78. The molecule has 6 nitrogen and oxygen atoms in total. The highest BCUT2D eigenvalue weighted by Gasteiger charge is 2.22. The Morgan fingerprint density at radius 2 is 0.739 bits per heavy atom. The van der Waals surface area contributed by atoms with Crippen LogP contribution in [-0.4, -0.2) is 24.1 Å². The lowest BCUT2D eigenvalue weighted by Gasteiger charge is -2.24. The lowest BCUT2D eigenvalue weighted by atomic mass is 9.98. The van der Waals surface area contributed by atoms with Gasteiger partial charge in [-0.3, -0.25) is 4.90 Å². The van der Waals surface area contributed by atoms with Crippen molar-refractivity contribution in [3.8, 4) is 56.4 Å². The van der Waals surface area contributed by atoms with Crippen molar-refractivity contribution < 1.29 is 0 Å². The van der Waals surface area contributed by atoms with E-state index in [9.17, 15) is 0 Å². The lowest BCUT2D eigenvalue weighted by Crippen LogP contribution is -2.15. The smallest absolute Gasteiger partial charge is 0.238 e. The maximum absolute atomic E-state index is 5.21. The molecule has 0 aliphatic heterocycles. The summed E-state index contributed by atoms with van der Waals surface area (Å²) in [5.41, 5.74) is 15.1. The summed E-state index contributed by atoms with van der Waals surface area (Å²) in [6, 6.07) is 89.9. The van der Waals surface area contributed by atoms with Gasteiger partial charge in [0, 0.05) is 55.4 Å². The Kier molecular flexibility index (Phi) is 9.72. The largest absolute Gasteiger partial charge is 0.309 e. The van der Waals surface area contributed by atoms with E-state index < -0.39 is 0 Å². The number of para-hydroxylation sites is 3. The first-order chi connectivity index (χ1) is 34.2. The fourth-order valence-electron chi connectivity index (χ4n) is 9.99. The van der Waals surface area contributed by atoms with E-state index in [2.05, 4.69) is 202 Å². The molecule has 0 bridgehead atoms. The van der Waals surface area contributed by atoms with Crippen molar-refractivity contribution in [2.45, 2.75) is 0 Å². The van der Waals surface area contributed by atoms with Crippen molar-refractivity contribution in [2.75, 3.05) is 4.90 Å². The fourth-order valence-corrected chi connectivity index (χ4v) is 9.99. The molecule has 0 aliphatic rings. The molecule has 0 saturated carbocycles. The average molecular weight is 883 g/mol. The molecule has 69 heavy (non-hydrogen) atoms. The van der Waals surface area contributed by atoms with Gasteiger partial charge in [-0.1, -0.05) is 182 Å². The zero-order chi connectivity index (χ0) is 45.7. The van der Waals surface area contributed by atoms with Gasteiger partial charge in [-0.25, -0.2) is 4.98 Å². The normalized spacial score (nSPS) is 11.5. The van der Waals surface area contributed by atoms with Crippen molar-refractivity contribution >= 4 is 60.9 Å². The van der Waals surface area contributed by atoms with E-state index >= 15 is 0 Å². The Balaban J connectivity index is 0.972. The molecule has 0 saturated heterocycles. The molecular formula is C63H42N6. The number of anilines is 3. The second-order valence-electron chi connectivity index (χ2n) is 17.3. The summed E-state index contributed by atoms with van der Waals surface area (Å²) in [6.07, 6.45) is 0. The van der Waals surface area contributed by atoms with Crippen LogP contribution in [-0.2, 0) is 0 Å². The van der Waals surface area contributed by atoms with E-state index in [1.807, 2.05) is 66.7 Å². The minimum atomic E-state index is 0.521. The second-order valence-corrected chi connectivity index (χ2v) is 17.3. The highest BCUT2D eigenvalue weighted by atomic mass is 15.3. The molecule has 6 heteroatoms. The van der Waals surface area contributed by atoms with Crippen LogP contribution in [0.15, 0.2) is 255 Å². The van der Waals surface area contributed by atoms with Gasteiger partial charge < -0.3 is 9.13 Å². The number of hydrogen-bond donors (Lipinski definition) is 0. The molecule has 3 heterocycles. The molecule has 0 spiro atoms. The predicted octanol–water partition coefficient (Wildman–Crippen LogP) is 16.2. The van der Waals surface area contributed by atoms with Crippen LogP contribution >= 0.6 is 0 Å². The summed E-state index contributed by atoms with van der Waals surface area (Å²) in [5, 5.41) is 4.87. The zero-order valence-electron chi connectivity index (χ0n) is 37.4. The van der Waals surface area contributed by atoms with Crippen LogP contribution in [0.25, 0.3) is 100 Å². The van der Waals surface area contributed by atoms with E-state index in [0.717, 1.165) is 61.6 Å². The third kappa shape index (κ3) is 7.02. The Bertz CT molecular complexity index is 3920. The number of fused-ring (bicyclic) bond motifs is 6. The van der Waals surface area contributed by atoms with Crippen LogP contribution in [0, 0.1) is 0 Å².